The third-order valence-corrected chi connectivity index (χ3v) is 17.3. The lowest BCUT2D eigenvalue weighted by Gasteiger charge is -2.50. The zero-order chi connectivity index (χ0) is 63.4. The Kier molecular flexibility index (Phi) is 40.9. The summed E-state index contributed by atoms with van der Waals surface area (Å²) in [6.07, 6.45) is 9.30. The van der Waals surface area contributed by atoms with Crippen LogP contribution in [0.5, 0.6) is 0 Å². The summed E-state index contributed by atoms with van der Waals surface area (Å²) in [4.78, 5) is 39.4. The van der Waals surface area contributed by atoms with Crippen molar-refractivity contribution in [1.29, 1.82) is 0 Å². The van der Waals surface area contributed by atoms with E-state index in [4.69, 9.17) is 28.4 Å². The maximum Gasteiger partial charge on any atom is 0.249 e. The van der Waals surface area contributed by atoms with E-state index in [1.807, 2.05) is 0 Å². The fraction of sp³-hybridized carbons (Fsp3) is 0.953. The van der Waals surface area contributed by atoms with Gasteiger partial charge in [-0.05, 0) is 25.7 Å². The van der Waals surface area contributed by atoms with Crippen LogP contribution in [-0.4, -0.2) is 205 Å². The van der Waals surface area contributed by atoms with Crippen LogP contribution in [0.4, 0.5) is 0 Å². The largest absolute Gasteiger partial charge is 0.394 e. The summed E-state index contributed by atoms with van der Waals surface area (Å²) in [5.41, 5.74) is 0. The Hall–Kier alpha value is -2.23. The highest BCUT2D eigenvalue weighted by atomic mass is 16.8. The van der Waals surface area contributed by atoms with Crippen LogP contribution in [0.2, 0.25) is 0 Å². The molecule has 506 valence electrons. The molecule has 3 fully saturated rings. The van der Waals surface area contributed by atoms with E-state index in [-0.39, 0.29) is 12.8 Å². The van der Waals surface area contributed by atoms with Crippen molar-refractivity contribution in [3.8, 4) is 0 Å². The van der Waals surface area contributed by atoms with E-state index in [0.29, 0.717) is 12.8 Å². The van der Waals surface area contributed by atoms with Crippen LogP contribution in [-0.2, 0) is 42.8 Å². The van der Waals surface area contributed by atoms with Gasteiger partial charge in [0.15, 0.2) is 18.9 Å². The smallest absolute Gasteiger partial charge is 0.249 e. The van der Waals surface area contributed by atoms with Crippen LogP contribution in [0, 0.1) is 5.92 Å². The number of carbonyl (C=O) groups excluding carboxylic acids is 3. The standard InChI is InChI=1S/C64H121N3O19/c1-7-8-9-10-11-12-13-14-15-16-17-18-19-20-21-26-29-32-35-38-48(73)61(80)67-46(54(75)47(72)37-34-31-28-25-23-22-24-27-30-33-36-42(2)3)41-81-62-52(66-45(6)71)60(86-64-58(79)57(78)53(74)43(4)82-64)59(50(40-69)84-62)85-63-51(65-44(5)70)56(77)55(76)49(39-68)83-63/h42-43,46-60,62-64,68-69,72-79H,7-41H2,1-6H3,(H,65,70)(H,66,71)(H,67,80). The minimum Gasteiger partial charge on any atom is -0.394 e. The molecule has 3 saturated heterocycles. The van der Waals surface area contributed by atoms with Crippen molar-refractivity contribution >= 4 is 17.7 Å². The van der Waals surface area contributed by atoms with Gasteiger partial charge in [-0.3, -0.25) is 14.4 Å². The first-order valence-corrected chi connectivity index (χ1v) is 33.7. The predicted molar refractivity (Wildman–Crippen MR) is 325 cm³/mol. The van der Waals surface area contributed by atoms with Crippen LogP contribution >= 0.6 is 0 Å². The SMILES string of the molecule is CCCCCCCCCCCCCCCCCCCCCC(O)C(=O)NC(COC1OC(CO)C(OC2OC(CO)C(O)C(O)C2NC(C)=O)C(OC2OC(C)C(O)C(O)C2O)C1NC(C)=O)C(O)C(O)CCCCCCCCCCCCC(C)C. The number of aliphatic hydroxyl groups excluding tert-OH is 10. The third-order valence-electron chi connectivity index (χ3n) is 17.3. The number of nitrogens with one attached hydrogen (secondary N) is 3. The molecule has 0 spiro atoms. The molecular formula is C64H121N3O19. The molecule has 19 atom stereocenters. The van der Waals surface area contributed by atoms with Crippen molar-refractivity contribution in [3.05, 3.63) is 0 Å². The first kappa shape index (κ1) is 78.0. The molecule has 19 unspecified atom stereocenters. The fourth-order valence-corrected chi connectivity index (χ4v) is 11.9. The van der Waals surface area contributed by atoms with Gasteiger partial charge in [-0.15, -0.1) is 0 Å². The molecule has 0 radical (unpaired) electrons. The summed E-state index contributed by atoms with van der Waals surface area (Å²) in [6, 6.07) is -4.44. The lowest BCUT2D eigenvalue weighted by molar-refractivity contribution is -0.366. The number of aliphatic hydroxyl groups is 10. The van der Waals surface area contributed by atoms with Crippen molar-refractivity contribution in [3.63, 3.8) is 0 Å². The Morgan fingerprint density at radius 2 is 0.907 bits per heavy atom. The van der Waals surface area contributed by atoms with E-state index in [1.54, 1.807) is 0 Å². The highest BCUT2D eigenvalue weighted by Gasteiger charge is 2.55. The van der Waals surface area contributed by atoms with Gasteiger partial charge < -0.3 is 95.4 Å². The Balaban J connectivity index is 1.75. The van der Waals surface area contributed by atoms with Crippen molar-refractivity contribution in [2.24, 2.45) is 5.92 Å². The topological polar surface area (TPSA) is 345 Å². The van der Waals surface area contributed by atoms with Gasteiger partial charge in [-0.1, -0.05) is 213 Å². The second-order valence-corrected chi connectivity index (χ2v) is 25.4. The van der Waals surface area contributed by atoms with Gasteiger partial charge in [0.2, 0.25) is 17.7 Å². The minimum atomic E-state index is -1.92. The summed E-state index contributed by atoms with van der Waals surface area (Å²) in [5.74, 6) is -1.47. The van der Waals surface area contributed by atoms with E-state index in [1.165, 1.54) is 135 Å². The monoisotopic (exact) mass is 1240 g/mol. The Labute approximate surface area is 514 Å². The molecule has 3 aliphatic rings. The number of hydrogen-bond donors (Lipinski definition) is 13. The molecule has 22 heteroatoms. The van der Waals surface area contributed by atoms with Gasteiger partial charge in [0, 0.05) is 13.8 Å². The number of unbranched alkanes of at least 4 members (excludes halogenated alkanes) is 27. The summed E-state index contributed by atoms with van der Waals surface area (Å²) in [7, 11) is 0. The van der Waals surface area contributed by atoms with Gasteiger partial charge >= 0.3 is 0 Å². The molecule has 86 heavy (non-hydrogen) atoms. The van der Waals surface area contributed by atoms with Crippen LogP contribution in [0.15, 0.2) is 0 Å². The molecule has 22 nitrogen and oxygen atoms in total. The van der Waals surface area contributed by atoms with Crippen LogP contribution in [0.25, 0.3) is 0 Å². The summed E-state index contributed by atoms with van der Waals surface area (Å²) in [6.45, 7) is 8.12. The molecular weight excluding hydrogens is 1110 g/mol. The molecule has 3 amide bonds. The summed E-state index contributed by atoms with van der Waals surface area (Å²) < 4.78 is 36.9. The maximum absolute atomic E-state index is 13.8. The Morgan fingerprint density at radius 3 is 1.37 bits per heavy atom. The van der Waals surface area contributed by atoms with E-state index in [2.05, 4.69) is 36.7 Å². The number of amides is 3. The van der Waals surface area contributed by atoms with Gasteiger partial charge in [-0.25, -0.2) is 0 Å². The van der Waals surface area contributed by atoms with Crippen molar-refractivity contribution in [2.75, 3.05) is 19.8 Å². The average molecular weight is 1240 g/mol. The number of ether oxygens (including phenoxy) is 6. The Bertz CT molecular complexity index is 1760. The number of rotatable bonds is 48. The molecule has 0 aliphatic carbocycles. The predicted octanol–water partition coefficient (Wildman–Crippen LogP) is 5.49. The molecule has 3 heterocycles. The molecule has 13 N–H and O–H groups in total. The summed E-state index contributed by atoms with van der Waals surface area (Å²) >= 11 is 0. The van der Waals surface area contributed by atoms with Gasteiger partial charge in [0.1, 0.15) is 79.2 Å². The minimum absolute atomic E-state index is 0.145. The zero-order valence-corrected chi connectivity index (χ0v) is 53.4. The van der Waals surface area contributed by atoms with Crippen molar-refractivity contribution in [1.82, 2.24) is 16.0 Å². The van der Waals surface area contributed by atoms with Crippen LogP contribution in [0.1, 0.15) is 247 Å². The molecule has 3 aliphatic heterocycles. The van der Waals surface area contributed by atoms with Gasteiger partial charge in [0.25, 0.3) is 0 Å². The maximum atomic E-state index is 13.8. The Morgan fingerprint density at radius 1 is 0.477 bits per heavy atom. The van der Waals surface area contributed by atoms with Crippen LogP contribution in [0.3, 0.4) is 0 Å². The van der Waals surface area contributed by atoms with Gasteiger partial charge in [-0.2, -0.15) is 0 Å². The zero-order valence-electron chi connectivity index (χ0n) is 53.4. The van der Waals surface area contributed by atoms with Gasteiger partial charge in [0.05, 0.1) is 38.1 Å². The normalized spacial score (nSPS) is 29.3. The van der Waals surface area contributed by atoms with Crippen molar-refractivity contribution < 1.29 is 93.9 Å². The molecule has 0 aromatic rings. The third kappa shape index (κ3) is 29.4. The molecule has 0 aromatic carbocycles. The first-order chi connectivity index (χ1) is 41.2. The highest BCUT2D eigenvalue weighted by molar-refractivity contribution is 5.80. The summed E-state index contributed by atoms with van der Waals surface area (Å²) in [5, 5.41) is 118. The fourth-order valence-electron chi connectivity index (χ4n) is 11.9. The van der Waals surface area contributed by atoms with Crippen LogP contribution < -0.4 is 16.0 Å². The van der Waals surface area contributed by atoms with E-state index in [0.717, 1.165) is 71.1 Å². The first-order valence-electron chi connectivity index (χ1n) is 33.7. The molecule has 0 saturated carbocycles. The molecule has 0 aromatic heterocycles. The molecule has 0 bridgehead atoms. The van der Waals surface area contributed by atoms with E-state index < -0.39 is 154 Å². The average Bonchev–Trinajstić information content (AvgIpc) is 1.17. The number of hydrogen-bond acceptors (Lipinski definition) is 19. The van der Waals surface area contributed by atoms with E-state index >= 15 is 0 Å². The molecule has 3 rings (SSSR count). The quantitative estimate of drug-likeness (QED) is 0.0335. The lowest BCUT2D eigenvalue weighted by atomic mass is 9.93. The second kappa shape index (κ2) is 45.1. The second-order valence-electron chi connectivity index (χ2n) is 25.4. The van der Waals surface area contributed by atoms with Crippen molar-refractivity contribution in [2.45, 2.75) is 363 Å². The number of carbonyl (C=O) groups is 3. The highest BCUT2D eigenvalue weighted by Crippen LogP contribution is 2.34. The lowest BCUT2D eigenvalue weighted by Crippen LogP contribution is -2.71. The van der Waals surface area contributed by atoms with E-state index in [9.17, 15) is 65.4 Å².